The van der Waals surface area contributed by atoms with E-state index >= 15 is 0 Å². The molecule has 0 bridgehead atoms. The third kappa shape index (κ3) is 19.0. The Kier molecular flexibility index (Phi) is 21.1. The molecular formula is C18H38Se2. The van der Waals surface area contributed by atoms with Crippen molar-refractivity contribution in [2.24, 2.45) is 0 Å². The van der Waals surface area contributed by atoms with Crippen LogP contribution in [0.5, 0.6) is 0 Å². The molecule has 0 spiro atoms. The summed E-state index contributed by atoms with van der Waals surface area (Å²) in [6, 6.07) is 0. The molecule has 122 valence electrons. The van der Waals surface area contributed by atoms with Crippen LogP contribution in [0.15, 0.2) is 0 Å². The molecule has 0 rings (SSSR count). The van der Waals surface area contributed by atoms with Crippen LogP contribution in [0, 0.1) is 0 Å². The quantitative estimate of drug-likeness (QED) is 0.207. The second-order valence-electron chi connectivity index (χ2n) is 6.10. The van der Waals surface area contributed by atoms with E-state index in [2.05, 4.69) is 32.0 Å². The Labute approximate surface area is 145 Å². The Balaban J connectivity index is 2.89. The van der Waals surface area contributed by atoms with Crippen LogP contribution >= 0.6 is 0 Å². The fourth-order valence-electron chi connectivity index (χ4n) is 2.70. The van der Waals surface area contributed by atoms with E-state index in [1.54, 1.807) is 0 Å². The van der Waals surface area contributed by atoms with Gasteiger partial charge in [0, 0.05) is 0 Å². The van der Waals surface area contributed by atoms with Crippen LogP contribution in [0.4, 0.5) is 0 Å². The standard InChI is InChI=1S/C18H38Se2/c19-17-15-13-11-9-7-5-3-1-2-4-6-8-10-12-14-16-18-20/h19-20H,1-18H2. The second-order valence-corrected chi connectivity index (χ2v) is 7.98. The zero-order chi connectivity index (χ0) is 14.7. The molecule has 0 N–H and O–H groups in total. The Morgan fingerprint density at radius 3 is 0.550 bits per heavy atom. The van der Waals surface area contributed by atoms with E-state index in [9.17, 15) is 0 Å². The van der Waals surface area contributed by atoms with Crippen molar-refractivity contribution in [3.63, 3.8) is 0 Å². The molecule has 0 nitrogen and oxygen atoms in total. The van der Waals surface area contributed by atoms with Gasteiger partial charge >= 0.3 is 145 Å². The predicted octanol–water partition coefficient (Wildman–Crippen LogP) is 5.87. The molecule has 0 aliphatic rings. The van der Waals surface area contributed by atoms with E-state index in [0.717, 1.165) is 0 Å². The molecule has 0 radical (unpaired) electrons. The Morgan fingerprint density at radius 2 is 0.400 bits per heavy atom. The van der Waals surface area contributed by atoms with Crippen molar-refractivity contribution in [3.8, 4) is 0 Å². The normalized spacial score (nSPS) is 11.1. The minimum absolute atomic E-state index is 1.31. The van der Waals surface area contributed by atoms with Crippen molar-refractivity contribution < 1.29 is 0 Å². The molecule has 0 fully saturated rings. The Hall–Kier alpha value is 1.04. The van der Waals surface area contributed by atoms with Gasteiger partial charge in [-0.15, -0.1) is 0 Å². The SMILES string of the molecule is [SeH]CCCCCCCCCCCCCCCCCC[SeH]. The van der Waals surface area contributed by atoms with Gasteiger partial charge in [-0.2, -0.15) is 0 Å². The molecule has 0 aromatic carbocycles. The van der Waals surface area contributed by atoms with Crippen LogP contribution in [0.2, 0.25) is 10.6 Å². The first-order valence-electron chi connectivity index (χ1n) is 9.13. The topological polar surface area (TPSA) is 0 Å². The summed E-state index contributed by atoms with van der Waals surface area (Å²) in [7, 11) is 0. The van der Waals surface area contributed by atoms with E-state index in [-0.39, 0.29) is 0 Å². The fraction of sp³-hybridized carbons (Fsp3) is 1.00. The first kappa shape index (κ1) is 21.0. The van der Waals surface area contributed by atoms with E-state index in [0.29, 0.717) is 0 Å². The van der Waals surface area contributed by atoms with Crippen molar-refractivity contribution in [1.82, 2.24) is 0 Å². The van der Waals surface area contributed by atoms with Gasteiger partial charge in [0.25, 0.3) is 0 Å². The van der Waals surface area contributed by atoms with E-state index < -0.39 is 0 Å². The van der Waals surface area contributed by atoms with Gasteiger partial charge in [-0.25, -0.2) is 0 Å². The molecule has 0 aromatic heterocycles. The zero-order valence-corrected chi connectivity index (χ0v) is 17.4. The first-order valence-corrected chi connectivity index (χ1v) is 11.8. The molecule has 0 aliphatic carbocycles. The predicted molar refractivity (Wildman–Crippen MR) is 97.8 cm³/mol. The monoisotopic (exact) mass is 414 g/mol. The van der Waals surface area contributed by atoms with Crippen molar-refractivity contribution in [2.75, 3.05) is 0 Å². The molecular weight excluding hydrogens is 374 g/mol. The minimum atomic E-state index is 1.31. The molecule has 0 saturated heterocycles. The van der Waals surface area contributed by atoms with Crippen molar-refractivity contribution in [2.45, 2.75) is 113 Å². The van der Waals surface area contributed by atoms with Gasteiger partial charge in [0.1, 0.15) is 0 Å². The zero-order valence-electron chi connectivity index (χ0n) is 13.6. The fourth-order valence-corrected chi connectivity index (χ4v) is 3.64. The summed E-state index contributed by atoms with van der Waals surface area (Å²) >= 11 is 5.39. The van der Waals surface area contributed by atoms with E-state index in [1.807, 2.05) is 0 Å². The van der Waals surface area contributed by atoms with E-state index in [4.69, 9.17) is 0 Å². The second kappa shape index (κ2) is 20.0. The van der Waals surface area contributed by atoms with Crippen LogP contribution in [0.25, 0.3) is 0 Å². The van der Waals surface area contributed by atoms with Crippen LogP contribution in [0.3, 0.4) is 0 Å². The van der Waals surface area contributed by atoms with Gasteiger partial charge in [-0.3, -0.25) is 0 Å². The first-order chi connectivity index (χ1) is 9.91. The van der Waals surface area contributed by atoms with Crippen LogP contribution in [-0.2, 0) is 0 Å². The van der Waals surface area contributed by atoms with Crippen LogP contribution in [-0.4, -0.2) is 32.0 Å². The number of hydrogen-bond acceptors (Lipinski definition) is 0. The van der Waals surface area contributed by atoms with Crippen LogP contribution in [0.1, 0.15) is 103 Å². The molecule has 0 amide bonds. The van der Waals surface area contributed by atoms with Crippen molar-refractivity contribution >= 4 is 32.0 Å². The van der Waals surface area contributed by atoms with Crippen molar-refractivity contribution in [1.29, 1.82) is 0 Å². The van der Waals surface area contributed by atoms with Gasteiger partial charge in [-0.05, 0) is 0 Å². The average Bonchev–Trinajstić information content (AvgIpc) is 2.47. The third-order valence-corrected chi connectivity index (χ3v) is 5.39. The summed E-state index contributed by atoms with van der Waals surface area (Å²) in [5, 5.41) is 2.62. The molecule has 0 heterocycles. The van der Waals surface area contributed by atoms with Crippen molar-refractivity contribution in [3.05, 3.63) is 0 Å². The number of rotatable bonds is 17. The molecule has 2 heteroatoms. The van der Waals surface area contributed by atoms with Gasteiger partial charge in [0.05, 0.1) is 0 Å². The molecule has 0 aliphatic heterocycles. The third-order valence-electron chi connectivity index (χ3n) is 4.07. The molecule has 0 saturated carbocycles. The average molecular weight is 412 g/mol. The summed E-state index contributed by atoms with van der Waals surface area (Å²) in [5.74, 6) is 0. The molecule has 0 aromatic rings. The molecule has 0 atom stereocenters. The maximum atomic E-state index is 2.70. The molecule has 20 heavy (non-hydrogen) atoms. The Morgan fingerprint density at radius 1 is 0.250 bits per heavy atom. The summed E-state index contributed by atoms with van der Waals surface area (Å²) in [6.07, 6.45) is 23.5. The van der Waals surface area contributed by atoms with Gasteiger partial charge < -0.3 is 0 Å². The van der Waals surface area contributed by atoms with Gasteiger partial charge in [-0.1, -0.05) is 0 Å². The summed E-state index contributed by atoms with van der Waals surface area (Å²) < 4.78 is 0. The van der Waals surface area contributed by atoms with Gasteiger partial charge in [0.2, 0.25) is 0 Å². The summed E-state index contributed by atoms with van der Waals surface area (Å²) in [5.41, 5.74) is 0. The number of hydrogen-bond donors (Lipinski definition) is 0. The summed E-state index contributed by atoms with van der Waals surface area (Å²) in [4.78, 5) is 0. The number of unbranched alkanes of at least 4 members (excludes halogenated alkanes) is 15. The molecule has 0 unspecified atom stereocenters. The maximum absolute atomic E-state index is 2.70. The van der Waals surface area contributed by atoms with Crippen LogP contribution < -0.4 is 0 Å². The summed E-state index contributed by atoms with van der Waals surface area (Å²) in [6.45, 7) is 0. The Bertz CT molecular complexity index is 141. The van der Waals surface area contributed by atoms with Gasteiger partial charge in [0.15, 0.2) is 0 Å². The van der Waals surface area contributed by atoms with E-state index in [1.165, 1.54) is 113 Å².